The maximum absolute atomic E-state index is 10.6. The molecule has 0 fully saturated rings. The number of fused-ring (bicyclic) bond motifs is 2. The van der Waals surface area contributed by atoms with E-state index in [0.717, 1.165) is 24.9 Å². The Morgan fingerprint density at radius 3 is 2.74 bits per heavy atom. The molecule has 0 amide bonds. The molecule has 0 saturated heterocycles. The second kappa shape index (κ2) is 5.00. The minimum atomic E-state index is -0.355. The molecule has 2 aromatic carbocycles. The van der Waals surface area contributed by atoms with Crippen LogP contribution in [0, 0.1) is 0 Å². The number of phenols is 1. The monoisotopic (exact) mass is 309 g/mol. The van der Waals surface area contributed by atoms with Crippen LogP contribution in [-0.2, 0) is 12.8 Å². The van der Waals surface area contributed by atoms with Crippen LogP contribution in [0.4, 0.5) is 0 Å². The number of aromatic hydroxyl groups is 1. The van der Waals surface area contributed by atoms with Crippen molar-refractivity contribution in [2.24, 2.45) is 0 Å². The average molecular weight is 309 g/mol. The van der Waals surface area contributed by atoms with Gasteiger partial charge in [-0.05, 0) is 68.5 Å². The lowest BCUT2D eigenvalue weighted by Crippen LogP contribution is -2.34. The molecule has 4 rings (SSSR count). The Balaban J connectivity index is 2.03. The van der Waals surface area contributed by atoms with E-state index in [1.54, 1.807) is 0 Å². The molecule has 0 spiro atoms. The van der Waals surface area contributed by atoms with Crippen LogP contribution in [0.1, 0.15) is 43.5 Å². The van der Waals surface area contributed by atoms with Crippen molar-refractivity contribution in [1.29, 1.82) is 0 Å². The number of rotatable bonds is 1. The fourth-order valence-corrected chi connectivity index (χ4v) is 3.82. The Bertz CT molecular complexity index is 774. The minimum Gasteiger partial charge on any atom is -0.504 e. The van der Waals surface area contributed by atoms with Crippen LogP contribution < -0.4 is 10.1 Å². The van der Waals surface area contributed by atoms with Crippen molar-refractivity contribution in [3.8, 4) is 22.6 Å². The highest BCUT2D eigenvalue weighted by atomic mass is 16.5. The number of nitrogens with one attached hydrogen (secondary N) is 1. The molecule has 1 atom stereocenters. The van der Waals surface area contributed by atoms with E-state index in [9.17, 15) is 5.11 Å². The number of benzene rings is 2. The first-order chi connectivity index (χ1) is 10.9. The van der Waals surface area contributed by atoms with Gasteiger partial charge in [0, 0.05) is 11.6 Å². The summed E-state index contributed by atoms with van der Waals surface area (Å²) in [6, 6.07) is 10.7. The molecule has 2 N–H and O–H groups in total. The molecule has 0 radical (unpaired) electrons. The van der Waals surface area contributed by atoms with Crippen molar-refractivity contribution in [3.05, 3.63) is 47.0 Å². The fraction of sp³-hybridized carbons (Fsp3) is 0.400. The maximum atomic E-state index is 10.6. The smallest absolute Gasteiger partial charge is 0.169 e. The summed E-state index contributed by atoms with van der Waals surface area (Å²) in [5.74, 6) is 0.878. The van der Waals surface area contributed by atoms with E-state index >= 15 is 0 Å². The molecule has 2 aliphatic rings. The normalized spacial score (nSPS) is 19.0. The first-order valence-corrected chi connectivity index (χ1v) is 8.33. The highest BCUT2D eigenvalue weighted by Gasteiger charge is 2.34. The van der Waals surface area contributed by atoms with Gasteiger partial charge in [0.25, 0.3) is 0 Å². The Morgan fingerprint density at radius 2 is 1.96 bits per heavy atom. The molecule has 0 aromatic heterocycles. The third-order valence-electron chi connectivity index (χ3n) is 4.64. The zero-order valence-corrected chi connectivity index (χ0v) is 13.9. The lowest BCUT2D eigenvalue weighted by Gasteiger charge is -2.36. The van der Waals surface area contributed by atoms with E-state index in [-0.39, 0.29) is 11.4 Å². The van der Waals surface area contributed by atoms with Crippen molar-refractivity contribution < 1.29 is 9.84 Å². The molecule has 1 aliphatic carbocycles. The predicted molar refractivity (Wildman–Crippen MR) is 92.1 cm³/mol. The van der Waals surface area contributed by atoms with Gasteiger partial charge in [-0.25, -0.2) is 0 Å². The van der Waals surface area contributed by atoms with Crippen molar-refractivity contribution in [2.75, 3.05) is 6.54 Å². The fourth-order valence-electron chi connectivity index (χ4n) is 3.82. The van der Waals surface area contributed by atoms with Crippen LogP contribution in [0.5, 0.6) is 11.5 Å². The van der Waals surface area contributed by atoms with E-state index in [1.807, 2.05) is 26.8 Å². The van der Waals surface area contributed by atoms with Crippen molar-refractivity contribution in [1.82, 2.24) is 5.32 Å². The van der Waals surface area contributed by atoms with Gasteiger partial charge in [-0.1, -0.05) is 24.3 Å². The maximum Gasteiger partial charge on any atom is 0.169 e. The molecule has 0 bridgehead atoms. The molecular formula is C20H23NO2. The number of phenolic OH excluding ortho intramolecular Hbond substituents is 1. The molecule has 2 aromatic rings. The second-order valence-electron chi connectivity index (χ2n) is 7.51. The summed E-state index contributed by atoms with van der Waals surface area (Å²) in [5, 5.41) is 14.3. The Labute approximate surface area is 137 Å². The van der Waals surface area contributed by atoms with Crippen molar-refractivity contribution in [2.45, 2.75) is 45.3 Å². The zero-order chi connectivity index (χ0) is 16.2. The van der Waals surface area contributed by atoms with E-state index in [0.29, 0.717) is 11.8 Å². The molecular weight excluding hydrogens is 286 g/mol. The highest BCUT2D eigenvalue weighted by Crippen LogP contribution is 2.51. The van der Waals surface area contributed by atoms with Gasteiger partial charge in [-0.2, -0.15) is 0 Å². The third kappa shape index (κ3) is 2.40. The lowest BCUT2D eigenvalue weighted by molar-refractivity contribution is 0.126. The van der Waals surface area contributed by atoms with Gasteiger partial charge >= 0.3 is 0 Å². The van der Waals surface area contributed by atoms with Crippen molar-refractivity contribution >= 4 is 0 Å². The summed E-state index contributed by atoms with van der Waals surface area (Å²) in [6.45, 7) is 7.01. The van der Waals surface area contributed by atoms with Crippen molar-refractivity contribution in [3.63, 3.8) is 0 Å². The summed E-state index contributed by atoms with van der Waals surface area (Å²) >= 11 is 0. The van der Waals surface area contributed by atoms with Gasteiger partial charge in [0.05, 0.1) is 0 Å². The molecule has 1 heterocycles. The first-order valence-electron chi connectivity index (χ1n) is 8.33. The van der Waals surface area contributed by atoms with Crippen LogP contribution in [0.25, 0.3) is 11.1 Å². The molecule has 3 heteroatoms. The summed E-state index contributed by atoms with van der Waals surface area (Å²) in [4.78, 5) is 0. The zero-order valence-electron chi connectivity index (χ0n) is 13.9. The van der Waals surface area contributed by atoms with Gasteiger partial charge in [-0.3, -0.25) is 0 Å². The quantitative estimate of drug-likeness (QED) is 0.837. The Hall–Kier alpha value is -2.00. The van der Waals surface area contributed by atoms with Crippen LogP contribution >= 0.6 is 0 Å². The minimum absolute atomic E-state index is 0.256. The van der Waals surface area contributed by atoms with E-state index < -0.39 is 0 Å². The molecule has 120 valence electrons. The van der Waals surface area contributed by atoms with Gasteiger partial charge in [0.1, 0.15) is 5.60 Å². The lowest BCUT2D eigenvalue weighted by atomic mass is 9.77. The third-order valence-corrected chi connectivity index (χ3v) is 4.64. The molecule has 1 aliphatic heterocycles. The van der Waals surface area contributed by atoms with E-state index in [2.05, 4.69) is 29.6 Å². The summed E-state index contributed by atoms with van der Waals surface area (Å²) in [5.41, 5.74) is 5.79. The van der Waals surface area contributed by atoms with Gasteiger partial charge in [-0.15, -0.1) is 0 Å². The van der Waals surface area contributed by atoms with E-state index in [4.69, 9.17) is 4.74 Å². The predicted octanol–water partition coefficient (Wildman–Crippen LogP) is 3.98. The van der Waals surface area contributed by atoms with Gasteiger partial charge in [0.2, 0.25) is 0 Å². The molecule has 0 saturated carbocycles. The largest absolute Gasteiger partial charge is 0.504 e. The van der Waals surface area contributed by atoms with Gasteiger partial charge in [0.15, 0.2) is 11.5 Å². The highest BCUT2D eigenvalue weighted by molar-refractivity contribution is 5.83. The number of hydrogen-bond acceptors (Lipinski definition) is 3. The average Bonchev–Trinajstić information content (AvgIpc) is 2.49. The summed E-state index contributed by atoms with van der Waals surface area (Å²) < 4.78 is 6.18. The molecule has 3 nitrogen and oxygen atoms in total. The van der Waals surface area contributed by atoms with Crippen LogP contribution in [-0.4, -0.2) is 17.3 Å². The number of ether oxygens (including phenoxy) is 1. The number of hydrogen-bond donors (Lipinski definition) is 2. The first kappa shape index (κ1) is 14.6. The van der Waals surface area contributed by atoms with E-state index in [1.165, 1.54) is 22.3 Å². The topological polar surface area (TPSA) is 41.5 Å². The SMILES string of the molecule is CC(C)(C)Oc1c(O)cc2c3c1-c1ccccc1CC3NCC2. The molecule has 23 heavy (non-hydrogen) atoms. The molecule has 1 unspecified atom stereocenters. The Kier molecular flexibility index (Phi) is 3.17. The van der Waals surface area contributed by atoms with Crippen LogP contribution in [0.3, 0.4) is 0 Å². The van der Waals surface area contributed by atoms with Gasteiger partial charge < -0.3 is 15.2 Å². The Morgan fingerprint density at radius 1 is 1.17 bits per heavy atom. The summed E-state index contributed by atoms with van der Waals surface area (Å²) in [7, 11) is 0. The second-order valence-corrected chi connectivity index (χ2v) is 7.51. The summed E-state index contributed by atoms with van der Waals surface area (Å²) in [6.07, 6.45) is 1.94. The van der Waals surface area contributed by atoms with Crippen LogP contribution in [0.15, 0.2) is 30.3 Å². The van der Waals surface area contributed by atoms with Crippen LogP contribution in [0.2, 0.25) is 0 Å². The standard InChI is InChI=1S/C20H23NO2/c1-20(2,3)23-19-16(22)11-13-8-9-21-15-10-12-6-4-5-7-14(12)18(19)17(13)15/h4-7,11,15,21-22H,8-10H2,1-3H3.